The van der Waals surface area contributed by atoms with Crippen molar-refractivity contribution in [2.45, 2.75) is 0 Å². The zero-order valence-corrected chi connectivity index (χ0v) is 7.08. The monoisotopic (exact) mass is 188 g/mol. The summed E-state index contributed by atoms with van der Waals surface area (Å²) in [7, 11) is 0. The van der Waals surface area contributed by atoms with Crippen molar-refractivity contribution in [3.63, 3.8) is 0 Å². The van der Waals surface area contributed by atoms with Gasteiger partial charge in [0.05, 0.1) is 13.2 Å². The number of ether oxygens (including phenoxy) is 1. The van der Waals surface area contributed by atoms with Crippen molar-refractivity contribution in [3.05, 3.63) is 0 Å². The number of hydrogen-bond donors (Lipinski definition) is 3. The minimum atomic E-state index is -0.790. The van der Waals surface area contributed by atoms with Crippen LogP contribution in [-0.2, 0) is 4.74 Å². The Bertz CT molecular complexity index is 202. The van der Waals surface area contributed by atoms with E-state index in [2.05, 4.69) is 5.43 Å². The number of nitrogens with one attached hydrogen (secondary N) is 2. The van der Waals surface area contributed by atoms with Gasteiger partial charge in [0.1, 0.15) is 0 Å². The van der Waals surface area contributed by atoms with Crippen LogP contribution in [0, 0.1) is 0 Å². The maximum Gasteiger partial charge on any atom is 0.336 e. The Balaban J connectivity index is 2.25. The van der Waals surface area contributed by atoms with Crippen LogP contribution in [0.1, 0.15) is 0 Å². The standard InChI is InChI=1S/C6H12N4O3/c7-5(11)8-9-6(12)10-1-3-13-4-2-10/h1-4H2,(H,9,12)(H3,7,8,11). The molecule has 74 valence electrons. The highest BCUT2D eigenvalue weighted by Gasteiger charge is 2.16. The average Bonchev–Trinajstić information content (AvgIpc) is 2.15. The molecule has 1 aliphatic rings. The van der Waals surface area contributed by atoms with Crippen molar-refractivity contribution in [1.82, 2.24) is 15.8 Å². The predicted molar refractivity (Wildman–Crippen MR) is 43.6 cm³/mol. The van der Waals surface area contributed by atoms with Crippen molar-refractivity contribution in [2.75, 3.05) is 26.3 Å². The van der Waals surface area contributed by atoms with Crippen molar-refractivity contribution < 1.29 is 14.3 Å². The van der Waals surface area contributed by atoms with E-state index in [1.807, 2.05) is 5.43 Å². The number of nitrogens with two attached hydrogens (primary N) is 1. The summed E-state index contributed by atoms with van der Waals surface area (Å²) in [5, 5.41) is 0. The second-order valence-electron chi connectivity index (χ2n) is 2.52. The van der Waals surface area contributed by atoms with Crippen molar-refractivity contribution in [1.29, 1.82) is 0 Å². The fourth-order valence-electron chi connectivity index (χ4n) is 0.961. The van der Waals surface area contributed by atoms with Gasteiger partial charge in [0.25, 0.3) is 0 Å². The molecule has 0 spiro atoms. The van der Waals surface area contributed by atoms with E-state index in [0.29, 0.717) is 26.3 Å². The number of urea groups is 2. The number of carbonyl (C=O) groups is 2. The summed E-state index contributed by atoms with van der Waals surface area (Å²) >= 11 is 0. The van der Waals surface area contributed by atoms with E-state index in [9.17, 15) is 9.59 Å². The van der Waals surface area contributed by atoms with Gasteiger partial charge in [-0.25, -0.2) is 20.4 Å². The number of morpholine rings is 1. The Morgan fingerprint density at radius 3 is 2.38 bits per heavy atom. The van der Waals surface area contributed by atoms with Gasteiger partial charge < -0.3 is 15.4 Å². The van der Waals surface area contributed by atoms with Gasteiger partial charge in [-0.15, -0.1) is 0 Å². The molecule has 0 aromatic rings. The van der Waals surface area contributed by atoms with Gasteiger partial charge in [0, 0.05) is 13.1 Å². The fraction of sp³-hybridized carbons (Fsp3) is 0.667. The lowest BCUT2D eigenvalue weighted by Gasteiger charge is -2.26. The van der Waals surface area contributed by atoms with Crippen LogP contribution < -0.4 is 16.6 Å². The maximum absolute atomic E-state index is 11.2. The van der Waals surface area contributed by atoms with E-state index in [-0.39, 0.29) is 6.03 Å². The molecule has 0 saturated carbocycles. The van der Waals surface area contributed by atoms with Crippen LogP contribution in [0.25, 0.3) is 0 Å². The van der Waals surface area contributed by atoms with Gasteiger partial charge in [-0.1, -0.05) is 0 Å². The first-order valence-corrected chi connectivity index (χ1v) is 3.88. The third-order valence-electron chi connectivity index (χ3n) is 1.59. The average molecular weight is 188 g/mol. The molecule has 0 unspecified atom stereocenters. The number of hydrogen-bond acceptors (Lipinski definition) is 3. The number of rotatable bonds is 0. The third kappa shape index (κ3) is 3.16. The van der Waals surface area contributed by atoms with Crippen LogP contribution in [0.2, 0.25) is 0 Å². The van der Waals surface area contributed by atoms with E-state index >= 15 is 0 Å². The number of hydrazine groups is 1. The summed E-state index contributed by atoms with van der Waals surface area (Å²) in [6.07, 6.45) is 0. The molecule has 7 heteroatoms. The van der Waals surface area contributed by atoms with Gasteiger partial charge in [-0.05, 0) is 0 Å². The van der Waals surface area contributed by atoms with Crippen LogP contribution in [-0.4, -0.2) is 43.3 Å². The molecule has 1 rings (SSSR count). The number of carbonyl (C=O) groups excluding carboxylic acids is 2. The smallest absolute Gasteiger partial charge is 0.336 e. The predicted octanol–water partition coefficient (Wildman–Crippen LogP) is -1.39. The highest BCUT2D eigenvalue weighted by atomic mass is 16.5. The Hall–Kier alpha value is -1.50. The maximum atomic E-state index is 11.2. The van der Waals surface area contributed by atoms with E-state index in [1.54, 1.807) is 0 Å². The number of nitrogens with zero attached hydrogens (tertiary/aromatic N) is 1. The fourth-order valence-corrected chi connectivity index (χ4v) is 0.961. The molecule has 0 atom stereocenters. The Kier molecular flexibility index (Phi) is 3.32. The summed E-state index contributed by atoms with van der Waals surface area (Å²) in [6.45, 7) is 2.08. The van der Waals surface area contributed by atoms with E-state index in [1.165, 1.54) is 4.90 Å². The van der Waals surface area contributed by atoms with Crippen molar-refractivity contribution >= 4 is 12.1 Å². The topological polar surface area (TPSA) is 96.7 Å². The molecule has 0 bridgehead atoms. The Labute approximate surface area is 75.2 Å². The molecule has 0 radical (unpaired) electrons. The quantitative estimate of drug-likeness (QED) is 0.408. The van der Waals surface area contributed by atoms with Gasteiger partial charge in [-0.3, -0.25) is 0 Å². The molecule has 1 saturated heterocycles. The van der Waals surface area contributed by atoms with Gasteiger partial charge in [0.2, 0.25) is 0 Å². The lowest BCUT2D eigenvalue weighted by Crippen LogP contribution is -2.53. The summed E-state index contributed by atoms with van der Waals surface area (Å²) < 4.78 is 5.04. The molecule has 1 heterocycles. The molecule has 0 aliphatic carbocycles. The van der Waals surface area contributed by atoms with Gasteiger partial charge in [0.15, 0.2) is 0 Å². The van der Waals surface area contributed by atoms with Gasteiger partial charge in [-0.2, -0.15) is 0 Å². The first kappa shape index (κ1) is 9.59. The largest absolute Gasteiger partial charge is 0.378 e. The highest BCUT2D eigenvalue weighted by Crippen LogP contribution is 1.95. The molecule has 0 aromatic carbocycles. The molecule has 13 heavy (non-hydrogen) atoms. The van der Waals surface area contributed by atoms with Crippen LogP contribution in [0.15, 0.2) is 0 Å². The summed E-state index contributed by atoms with van der Waals surface area (Å²) in [5.74, 6) is 0. The molecule has 1 aliphatic heterocycles. The third-order valence-corrected chi connectivity index (χ3v) is 1.59. The minimum Gasteiger partial charge on any atom is -0.378 e. The molecule has 0 aromatic heterocycles. The second kappa shape index (κ2) is 4.51. The van der Waals surface area contributed by atoms with E-state index < -0.39 is 6.03 Å². The number of primary amides is 1. The van der Waals surface area contributed by atoms with Crippen molar-refractivity contribution in [3.8, 4) is 0 Å². The van der Waals surface area contributed by atoms with Gasteiger partial charge >= 0.3 is 12.1 Å². The van der Waals surface area contributed by atoms with Crippen molar-refractivity contribution in [2.24, 2.45) is 5.73 Å². The molecule has 4 N–H and O–H groups in total. The highest BCUT2D eigenvalue weighted by molar-refractivity contribution is 5.79. The SMILES string of the molecule is NC(=O)NNC(=O)N1CCOCC1. The molecule has 7 nitrogen and oxygen atoms in total. The zero-order valence-electron chi connectivity index (χ0n) is 7.08. The normalized spacial score (nSPS) is 16.5. The molecular weight excluding hydrogens is 176 g/mol. The van der Waals surface area contributed by atoms with Crippen LogP contribution in [0.3, 0.4) is 0 Å². The summed E-state index contributed by atoms with van der Waals surface area (Å²) in [6, 6.07) is -1.16. The van der Waals surface area contributed by atoms with E-state index in [4.69, 9.17) is 10.5 Å². The molecule has 1 fully saturated rings. The lowest BCUT2D eigenvalue weighted by molar-refractivity contribution is 0.0526. The van der Waals surface area contributed by atoms with Crippen LogP contribution in [0.4, 0.5) is 9.59 Å². The van der Waals surface area contributed by atoms with E-state index in [0.717, 1.165) is 0 Å². The Morgan fingerprint density at radius 2 is 1.85 bits per heavy atom. The van der Waals surface area contributed by atoms with Crippen LogP contribution >= 0.6 is 0 Å². The Morgan fingerprint density at radius 1 is 1.23 bits per heavy atom. The molecular formula is C6H12N4O3. The zero-order chi connectivity index (χ0) is 9.68. The first-order valence-electron chi connectivity index (χ1n) is 3.88. The summed E-state index contributed by atoms with van der Waals surface area (Å²) in [4.78, 5) is 23.0. The first-order chi connectivity index (χ1) is 6.20. The minimum absolute atomic E-state index is 0.373. The summed E-state index contributed by atoms with van der Waals surface area (Å²) in [5.41, 5.74) is 8.92. The number of amides is 4. The lowest BCUT2D eigenvalue weighted by atomic mass is 10.4. The second-order valence-corrected chi connectivity index (χ2v) is 2.52. The van der Waals surface area contributed by atoms with Crippen LogP contribution in [0.5, 0.6) is 0 Å². The molecule has 4 amide bonds.